The molecule has 3 atom stereocenters. The third-order valence-electron chi connectivity index (χ3n) is 4.21. The molecule has 0 bridgehead atoms. The Balaban J connectivity index is 1.71. The maximum Gasteiger partial charge on any atom is 0.275 e. The minimum atomic E-state index is -0.133. The SMILES string of the molecule is CCCCOC[C@@H]1C[C@H](C)[C@H](c2ccc3c(=O)[nH]cnn23)O1. The smallest absolute Gasteiger partial charge is 0.275 e. The van der Waals surface area contributed by atoms with E-state index in [0.29, 0.717) is 18.0 Å². The summed E-state index contributed by atoms with van der Waals surface area (Å²) >= 11 is 0. The summed E-state index contributed by atoms with van der Waals surface area (Å²) in [7, 11) is 0. The average molecular weight is 305 g/mol. The topological polar surface area (TPSA) is 68.6 Å². The zero-order valence-electron chi connectivity index (χ0n) is 13.1. The van der Waals surface area contributed by atoms with Crippen LogP contribution in [0.4, 0.5) is 0 Å². The Morgan fingerprint density at radius 3 is 3.18 bits per heavy atom. The summed E-state index contributed by atoms with van der Waals surface area (Å²) in [5.74, 6) is 0.374. The highest BCUT2D eigenvalue weighted by molar-refractivity contribution is 5.46. The Kier molecular flexibility index (Phi) is 4.59. The molecule has 0 spiro atoms. The van der Waals surface area contributed by atoms with Crippen LogP contribution in [0.1, 0.15) is 44.9 Å². The van der Waals surface area contributed by atoms with Crippen LogP contribution < -0.4 is 5.56 Å². The molecule has 1 aliphatic rings. The van der Waals surface area contributed by atoms with Gasteiger partial charge in [0, 0.05) is 6.61 Å². The van der Waals surface area contributed by atoms with Gasteiger partial charge >= 0.3 is 0 Å². The molecule has 3 heterocycles. The Bertz CT molecular complexity index is 679. The number of fused-ring (bicyclic) bond motifs is 1. The van der Waals surface area contributed by atoms with Crippen molar-refractivity contribution in [2.75, 3.05) is 13.2 Å². The van der Waals surface area contributed by atoms with E-state index in [-0.39, 0.29) is 17.8 Å². The van der Waals surface area contributed by atoms with Gasteiger partial charge in [-0.2, -0.15) is 5.10 Å². The van der Waals surface area contributed by atoms with Crippen LogP contribution in [0.2, 0.25) is 0 Å². The van der Waals surface area contributed by atoms with Crippen LogP contribution in [0.25, 0.3) is 5.52 Å². The van der Waals surface area contributed by atoms with Crippen LogP contribution in [0, 0.1) is 5.92 Å². The Labute approximate surface area is 129 Å². The molecule has 0 radical (unpaired) electrons. The second kappa shape index (κ2) is 6.62. The lowest BCUT2D eigenvalue weighted by molar-refractivity contribution is -0.0216. The Morgan fingerprint density at radius 1 is 1.50 bits per heavy atom. The molecule has 1 aliphatic heterocycles. The maximum absolute atomic E-state index is 11.8. The highest BCUT2D eigenvalue weighted by Gasteiger charge is 2.35. The number of aromatic amines is 1. The number of nitrogens with zero attached hydrogens (tertiary/aromatic N) is 2. The third-order valence-corrected chi connectivity index (χ3v) is 4.21. The molecule has 0 amide bonds. The summed E-state index contributed by atoms with van der Waals surface area (Å²) in [6.07, 6.45) is 4.68. The predicted molar refractivity (Wildman–Crippen MR) is 82.9 cm³/mol. The normalized spacial score (nSPS) is 25.1. The van der Waals surface area contributed by atoms with Crippen molar-refractivity contribution in [3.8, 4) is 0 Å². The highest BCUT2D eigenvalue weighted by Crippen LogP contribution is 2.38. The number of hydrogen-bond acceptors (Lipinski definition) is 4. The largest absolute Gasteiger partial charge is 0.379 e. The van der Waals surface area contributed by atoms with Gasteiger partial charge in [0.15, 0.2) is 0 Å². The number of ether oxygens (including phenoxy) is 2. The predicted octanol–water partition coefficient (Wildman–Crippen LogP) is 2.31. The van der Waals surface area contributed by atoms with Crippen molar-refractivity contribution in [3.63, 3.8) is 0 Å². The molecule has 0 aliphatic carbocycles. The van der Waals surface area contributed by atoms with Crippen molar-refractivity contribution in [1.29, 1.82) is 0 Å². The van der Waals surface area contributed by atoms with E-state index in [2.05, 4.69) is 23.9 Å². The first-order chi connectivity index (χ1) is 10.7. The van der Waals surface area contributed by atoms with E-state index >= 15 is 0 Å². The van der Waals surface area contributed by atoms with Gasteiger partial charge in [0.25, 0.3) is 5.56 Å². The van der Waals surface area contributed by atoms with Crippen LogP contribution in [0.5, 0.6) is 0 Å². The molecular weight excluding hydrogens is 282 g/mol. The number of unbranched alkanes of at least 4 members (excludes halogenated alkanes) is 1. The molecule has 3 rings (SSSR count). The zero-order chi connectivity index (χ0) is 15.5. The van der Waals surface area contributed by atoms with Crippen molar-refractivity contribution in [2.24, 2.45) is 5.92 Å². The molecule has 120 valence electrons. The van der Waals surface area contributed by atoms with E-state index in [4.69, 9.17) is 9.47 Å². The average Bonchev–Trinajstić information content (AvgIpc) is 3.08. The fourth-order valence-electron chi connectivity index (χ4n) is 3.04. The molecule has 0 saturated carbocycles. The Hall–Kier alpha value is -1.66. The number of H-pyrrole nitrogens is 1. The first-order valence-corrected chi connectivity index (χ1v) is 7.99. The van der Waals surface area contributed by atoms with Crippen LogP contribution in [-0.4, -0.2) is 33.9 Å². The standard InChI is InChI=1S/C16H23N3O3/c1-3-4-7-21-9-12-8-11(2)15(22-12)13-5-6-14-16(20)17-10-18-19(13)14/h5-6,10-12,15H,3-4,7-9H2,1-2H3,(H,17,18,20)/t11-,12-,15+/m0/s1. The number of aromatic nitrogens is 3. The second-order valence-corrected chi connectivity index (χ2v) is 5.99. The van der Waals surface area contributed by atoms with Crippen molar-refractivity contribution in [2.45, 2.75) is 45.3 Å². The quantitative estimate of drug-likeness (QED) is 0.832. The van der Waals surface area contributed by atoms with Gasteiger partial charge in [-0.25, -0.2) is 4.52 Å². The molecular formula is C16H23N3O3. The van der Waals surface area contributed by atoms with E-state index < -0.39 is 0 Å². The van der Waals surface area contributed by atoms with E-state index in [1.54, 1.807) is 10.6 Å². The van der Waals surface area contributed by atoms with E-state index in [0.717, 1.165) is 31.6 Å². The van der Waals surface area contributed by atoms with Crippen molar-refractivity contribution < 1.29 is 9.47 Å². The fraction of sp³-hybridized carbons (Fsp3) is 0.625. The van der Waals surface area contributed by atoms with Gasteiger partial charge in [-0.3, -0.25) is 4.79 Å². The highest BCUT2D eigenvalue weighted by atomic mass is 16.5. The summed E-state index contributed by atoms with van der Waals surface area (Å²) in [5, 5.41) is 4.24. The van der Waals surface area contributed by atoms with Crippen LogP contribution in [0.3, 0.4) is 0 Å². The molecule has 2 aromatic rings. The van der Waals surface area contributed by atoms with Crippen molar-refractivity contribution in [1.82, 2.24) is 14.6 Å². The summed E-state index contributed by atoms with van der Waals surface area (Å²) < 4.78 is 13.5. The van der Waals surface area contributed by atoms with Gasteiger partial charge < -0.3 is 14.5 Å². The summed E-state index contributed by atoms with van der Waals surface area (Å²) in [5.41, 5.74) is 1.35. The van der Waals surface area contributed by atoms with Gasteiger partial charge in [-0.05, 0) is 30.9 Å². The van der Waals surface area contributed by atoms with Gasteiger partial charge in [-0.15, -0.1) is 0 Å². The molecule has 6 nitrogen and oxygen atoms in total. The molecule has 0 aromatic carbocycles. The van der Waals surface area contributed by atoms with Gasteiger partial charge in [0.2, 0.25) is 0 Å². The van der Waals surface area contributed by atoms with Gasteiger partial charge in [0.05, 0.1) is 18.4 Å². The first-order valence-electron chi connectivity index (χ1n) is 7.99. The van der Waals surface area contributed by atoms with Crippen molar-refractivity contribution >= 4 is 5.52 Å². The molecule has 1 N–H and O–H groups in total. The lowest BCUT2D eigenvalue weighted by atomic mass is 10.00. The summed E-state index contributed by atoms with van der Waals surface area (Å²) in [6.45, 7) is 5.75. The van der Waals surface area contributed by atoms with E-state index in [1.807, 2.05) is 6.07 Å². The van der Waals surface area contributed by atoms with Gasteiger partial charge in [-0.1, -0.05) is 20.3 Å². The van der Waals surface area contributed by atoms with E-state index in [9.17, 15) is 4.79 Å². The molecule has 1 saturated heterocycles. The molecule has 2 aromatic heterocycles. The van der Waals surface area contributed by atoms with Crippen LogP contribution in [0.15, 0.2) is 23.3 Å². The monoisotopic (exact) mass is 305 g/mol. The molecule has 22 heavy (non-hydrogen) atoms. The lowest BCUT2D eigenvalue weighted by Crippen LogP contribution is -2.17. The molecule has 1 fully saturated rings. The van der Waals surface area contributed by atoms with E-state index in [1.165, 1.54) is 6.33 Å². The van der Waals surface area contributed by atoms with Crippen LogP contribution >= 0.6 is 0 Å². The molecule has 0 unspecified atom stereocenters. The number of rotatable bonds is 6. The van der Waals surface area contributed by atoms with Gasteiger partial charge in [0.1, 0.15) is 17.9 Å². The lowest BCUT2D eigenvalue weighted by Gasteiger charge is -2.15. The fourth-order valence-corrected chi connectivity index (χ4v) is 3.04. The zero-order valence-corrected chi connectivity index (χ0v) is 13.1. The first kappa shape index (κ1) is 15.2. The minimum absolute atomic E-state index is 0.0448. The number of hydrogen-bond donors (Lipinski definition) is 1. The minimum Gasteiger partial charge on any atom is -0.379 e. The maximum atomic E-state index is 11.8. The second-order valence-electron chi connectivity index (χ2n) is 5.99. The molecule has 6 heteroatoms. The number of nitrogens with one attached hydrogen (secondary N) is 1. The third kappa shape index (κ3) is 2.94. The Morgan fingerprint density at radius 2 is 2.36 bits per heavy atom. The summed E-state index contributed by atoms with van der Waals surface area (Å²) in [4.78, 5) is 14.4. The van der Waals surface area contributed by atoms with Crippen molar-refractivity contribution in [3.05, 3.63) is 34.5 Å². The van der Waals surface area contributed by atoms with Crippen LogP contribution in [-0.2, 0) is 9.47 Å². The summed E-state index contributed by atoms with van der Waals surface area (Å²) in [6, 6.07) is 3.72.